The maximum atomic E-state index is 12.9. The Morgan fingerprint density at radius 1 is 1.35 bits per heavy atom. The lowest BCUT2D eigenvalue weighted by Gasteiger charge is -2.10. The van der Waals surface area contributed by atoms with Crippen molar-refractivity contribution in [1.29, 1.82) is 0 Å². The summed E-state index contributed by atoms with van der Waals surface area (Å²) in [5, 5.41) is 0. The minimum atomic E-state index is -4.73. The molecule has 2 rings (SSSR count). The number of hydrogen-bond donors (Lipinski definition) is 0. The molecule has 17 heavy (non-hydrogen) atoms. The fourth-order valence-electron chi connectivity index (χ4n) is 1.48. The summed E-state index contributed by atoms with van der Waals surface area (Å²) in [4.78, 5) is 14.9. The van der Waals surface area contributed by atoms with Crippen LogP contribution in [0.3, 0.4) is 0 Å². The number of hydrogen-bond acceptors (Lipinski definition) is 2. The van der Waals surface area contributed by atoms with Gasteiger partial charge in [0.25, 0.3) is 5.56 Å². The van der Waals surface area contributed by atoms with Gasteiger partial charge in [0.2, 0.25) is 0 Å². The van der Waals surface area contributed by atoms with Gasteiger partial charge >= 0.3 is 6.18 Å². The van der Waals surface area contributed by atoms with Crippen molar-refractivity contribution in [3.05, 3.63) is 45.8 Å². The van der Waals surface area contributed by atoms with E-state index < -0.39 is 28.8 Å². The molecule has 0 atom stereocenters. The number of rotatable bonds is 0. The molecule has 90 valence electrons. The van der Waals surface area contributed by atoms with Gasteiger partial charge in [-0.25, -0.2) is 9.37 Å². The molecule has 0 bridgehead atoms. The molecule has 0 aliphatic carbocycles. The van der Waals surface area contributed by atoms with E-state index in [2.05, 4.69) is 4.98 Å². The van der Waals surface area contributed by atoms with Crippen LogP contribution < -0.4 is 5.56 Å². The summed E-state index contributed by atoms with van der Waals surface area (Å²) in [6, 6.07) is 1.75. The number of halogens is 4. The van der Waals surface area contributed by atoms with Crippen LogP contribution in [0.25, 0.3) is 5.65 Å². The molecule has 0 saturated carbocycles. The van der Waals surface area contributed by atoms with Gasteiger partial charge in [-0.2, -0.15) is 13.2 Å². The highest BCUT2D eigenvalue weighted by atomic mass is 19.4. The second-order valence-corrected chi connectivity index (χ2v) is 3.46. The average Bonchev–Trinajstić information content (AvgIpc) is 2.21. The predicted molar refractivity (Wildman–Crippen MR) is 51.2 cm³/mol. The zero-order valence-electron chi connectivity index (χ0n) is 8.55. The Labute approximate surface area is 92.3 Å². The fraction of sp³-hybridized carbons (Fsp3) is 0.200. The molecule has 0 aliphatic rings. The molecule has 3 nitrogen and oxygen atoms in total. The maximum absolute atomic E-state index is 12.9. The van der Waals surface area contributed by atoms with Crippen molar-refractivity contribution in [3.8, 4) is 0 Å². The van der Waals surface area contributed by atoms with Gasteiger partial charge in [0, 0.05) is 17.8 Å². The highest BCUT2D eigenvalue weighted by Crippen LogP contribution is 2.29. The second kappa shape index (κ2) is 3.54. The van der Waals surface area contributed by atoms with Gasteiger partial charge in [-0.05, 0) is 13.0 Å². The lowest BCUT2D eigenvalue weighted by molar-refractivity contribution is -0.141. The molecular weight excluding hydrogens is 240 g/mol. The van der Waals surface area contributed by atoms with Crippen LogP contribution >= 0.6 is 0 Å². The Kier molecular flexibility index (Phi) is 2.41. The predicted octanol–water partition coefficient (Wildman–Crippen LogP) is 2.16. The van der Waals surface area contributed by atoms with E-state index in [1.54, 1.807) is 0 Å². The summed E-state index contributed by atoms with van der Waals surface area (Å²) in [6.07, 6.45) is -3.68. The number of alkyl halides is 3. The van der Waals surface area contributed by atoms with Crippen LogP contribution in [-0.4, -0.2) is 9.38 Å². The largest absolute Gasteiger partial charge is 0.433 e. The summed E-state index contributed by atoms with van der Waals surface area (Å²) >= 11 is 0. The molecule has 0 aromatic carbocycles. The van der Waals surface area contributed by atoms with E-state index >= 15 is 0 Å². The van der Waals surface area contributed by atoms with E-state index in [9.17, 15) is 22.4 Å². The first-order chi connectivity index (χ1) is 7.80. The molecule has 0 amide bonds. The van der Waals surface area contributed by atoms with Crippen LogP contribution in [0.15, 0.2) is 23.1 Å². The van der Waals surface area contributed by atoms with Gasteiger partial charge in [0.1, 0.15) is 11.5 Å². The first kappa shape index (κ1) is 11.6. The van der Waals surface area contributed by atoms with Gasteiger partial charge in [-0.15, -0.1) is 0 Å². The lowest BCUT2D eigenvalue weighted by Crippen LogP contribution is -2.24. The number of aromatic nitrogens is 2. The Morgan fingerprint density at radius 3 is 2.59 bits per heavy atom. The first-order valence-corrected chi connectivity index (χ1v) is 4.56. The van der Waals surface area contributed by atoms with E-state index in [0.29, 0.717) is 0 Å². The van der Waals surface area contributed by atoms with Crippen molar-refractivity contribution >= 4 is 5.65 Å². The SMILES string of the molecule is Cc1c(C(F)(F)F)nc2cc(F)ccn2c1=O. The standard InChI is InChI=1S/C10H6F4N2O/c1-5-8(10(12,13)14)15-7-4-6(11)2-3-16(7)9(5)17/h2-4H,1H3. The Morgan fingerprint density at radius 2 is 2.00 bits per heavy atom. The molecule has 0 fully saturated rings. The molecule has 2 aromatic rings. The van der Waals surface area contributed by atoms with Crippen molar-refractivity contribution < 1.29 is 17.6 Å². The number of nitrogens with zero attached hydrogens (tertiary/aromatic N) is 2. The molecule has 0 unspecified atom stereocenters. The van der Waals surface area contributed by atoms with Crippen LogP contribution in [0.4, 0.5) is 17.6 Å². The van der Waals surface area contributed by atoms with E-state index in [0.717, 1.165) is 29.7 Å². The normalized spacial score (nSPS) is 12.1. The van der Waals surface area contributed by atoms with Gasteiger partial charge in [0.05, 0.1) is 0 Å². The van der Waals surface area contributed by atoms with Gasteiger partial charge in [0.15, 0.2) is 5.69 Å². The molecule has 0 spiro atoms. The van der Waals surface area contributed by atoms with Crippen molar-refractivity contribution in [1.82, 2.24) is 9.38 Å². The highest BCUT2D eigenvalue weighted by molar-refractivity contribution is 5.41. The molecule has 2 heterocycles. The fourth-order valence-corrected chi connectivity index (χ4v) is 1.48. The summed E-state index contributed by atoms with van der Waals surface area (Å²) in [6.45, 7) is 1.04. The molecule has 0 N–H and O–H groups in total. The third kappa shape index (κ3) is 1.88. The molecule has 0 radical (unpaired) electrons. The molecule has 0 saturated heterocycles. The number of fused-ring (bicyclic) bond motifs is 1. The number of pyridine rings is 1. The van der Waals surface area contributed by atoms with Crippen molar-refractivity contribution in [3.63, 3.8) is 0 Å². The molecule has 2 aromatic heterocycles. The van der Waals surface area contributed by atoms with Crippen LogP contribution in [0.1, 0.15) is 11.3 Å². The summed E-state index contributed by atoms with van der Waals surface area (Å²) < 4.78 is 51.4. The van der Waals surface area contributed by atoms with E-state index in [1.165, 1.54) is 0 Å². The zero-order chi connectivity index (χ0) is 12.8. The first-order valence-electron chi connectivity index (χ1n) is 4.56. The van der Waals surface area contributed by atoms with Crippen LogP contribution in [0.2, 0.25) is 0 Å². The van der Waals surface area contributed by atoms with Gasteiger partial charge in [-0.1, -0.05) is 0 Å². The topological polar surface area (TPSA) is 34.4 Å². The Bertz CT molecular complexity index is 645. The third-order valence-electron chi connectivity index (χ3n) is 2.29. The average molecular weight is 246 g/mol. The lowest BCUT2D eigenvalue weighted by atomic mass is 10.2. The van der Waals surface area contributed by atoms with Gasteiger partial charge < -0.3 is 0 Å². The van der Waals surface area contributed by atoms with Crippen molar-refractivity contribution in [2.45, 2.75) is 13.1 Å². The molecular formula is C10H6F4N2O. The monoisotopic (exact) mass is 246 g/mol. The summed E-state index contributed by atoms with van der Waals surface area (Å²) in [5.41, 5.74) is -3.02. The smallest absolute Gasteiger partial charge is 0.269 e. The van der Waals surface area contributed by atoms with Crippen LogP contribution in [-0.2, 0) is 6.18 Å². The summed E-state index contributed by atoms with van der Waals surface area (Å²) in [7, 11) is 0. The minimum Gasteiger partial charge on any atom is -0.269 e. The van der Waals surface area contributed by atoms with Crippen LogP contribution in [0.5, 0.6) is 0 Å². The summed E-state index contributed by atoms with van der Waals surface area (Å²) in [5.74, 6) is -0.756. The molecule has 0 aliphatic heterocycles. The molecule has 7 heteroatoms. The second-order valence-electron chi connectivity index (χ2n) is 3.46. The van der Waals surface area contributed by atoms with Crippen molar-refractivity contribution in [2.75, 3.05) is 0 Å². The van der Waals surface area contributed by atoms with E-state index in [1.807, 2.05) is 0 Å². The Balaban J connectivity index is 2.91. The minimum absolute atomic E-state index is 0.368. The third-order valence-corrected chi connectivity index (χ3v) is 2.29. The maximum Gasteiger partial charge on any atom is 0.433 e. The van der Waals surface area contributed by atoms with Gasteiger partial charge in [-0.3, -0.25) is 9.20 Å². The highest BCUT2D eigenvalue weighted by Gasteiger charge is 2.36. The van der Waals surface area contributed by atoms with E-state index in [-0.39, 0.29) is 5.65 Å². The zero-order valence-corrected chi connectivity index (χ0v) is 8.55. The van der Waals surface area contributed by atoms with Crippen LogP contribution in [0, 0.1) is 12.7 Å². The van der Waals surface area contributed by atoms with E-state index in [4.69, 9.17) is 0 Å². The van der Waals surface area contributed by atoms with Crippen molar-refractivity contribution in [2.24, 2.45) is 0 Å². The quantitative estimate of drug-likeness (QED) is 0.667. The Hall–Kier alpha value is -1.92.